The summed E-state index contributed by atoms with van der Waals surface area (Å²) in [4.78, 5) is 13.4. The summed E-state index contributed by atoms with van der Waals surface area (Å²) in [5.74, 6) is -0.754. The maximum atomic E-state index is 11.3. The van der Waals surface area contributed by atoms with E-state index < -0.39 is 5.97 Å². The third-order valence-electron chi connectivity index (χ3n) is 6.04. The highest BCUT2D eigenvalue weighted by atomic mass is 16.4. The summed E-state index contributed by atoms with van der Waals surface area (Å²) < 4.78 is 0. The molecule has 0 aliphatic carbocycles. The summed E-state index contributed by atoms with van der Waals surface area (Å²) in [7, 11) is 4.09. The Hall–Kier alpha value is -0.830. The number of carboxylic acid groups (broad SMARTS) is 1. The van der Waals surface area contributed by atoms with Crippen LogP contribution in [0.25, 0.3) is 0 Å². The molecule has 0 aliphatic heterocycles. The molecule has 0 spiro atoms. The molecule has 0 atom stereocenters. The van der Waals surface area contributed by atoms with Crippen molar-refractivity contribution in [3.8, 4) is 0 Å². The van der Waals surface area contributed by atoms with Gasteiger partial charge < -0.3 is 10.0 Å². The van der Waals surface area contributed by atoms with E-state index in [-0.39, 0.29) is 0 Å². The molecule has 172 valence electrons. The molecule has 3 heteroatoms. The van der Waals surface area contributed by atoms with Crippen LogP contribution in [0, 0.1) is 0 Å². The average molecular weight is 410 g/mol. The van der Waals surface area contributed by atoms with Crippen molar-refractivity contribution >= 4 is 5.97 Å². The molecule has 0 saturated heterocycles. The zero-order valence-corrected chi connectivity index (χ0v) is 20.2. The highest BCUT2D eigenvalue weighted by molar-refractivity contribution is 5.86. The first-order chi connectivity index (χ1) is 14.0. The smallest absolute Gasteiger partial charge is 0.331 e. The van der Waals surface area contributed by atoms with Crippen molar-refractivity contribution in [2.75, 3.05) is 20.6 Å². The van der Waals surface area contributed by atoms with Crippen LogP contribution < -0.4 is 0 Å². The second-order valence-electron chi connectivity index (χ2n) is 9.14. The predicted molar refractivity (Wildman–Crippen MR) is 128 cm³/mol. The zero-order valence-electron chi connectivity index (χ0n) is 20.2. The van der Waals surface area contributed by atoms with Gasteiger partial charge in [0.25, 0.3) is 0 Å². The minimum absolute atomic E-state index is 0.563. The lowest BCUT2D eigenvalue weighted by Gasteiger charge is -2.14. The number of carboxylic acids is 1. The fraction of sp³-hybridized carbons (Fsp3) is 0.885. The molecule has 0 radical (unpaired) electrons. The van der Waals surface area contributed by atoms with Crippen LogP contribution in [0.15, 0.2) is 11.1 Å². The van der Waals surface area contributed by atoms with Gasteiger partial charge in [0.2, 0.25) is 0 Å². The van der Waals surface area contributed by atoms with Gasteiger partial charge in [-0.05, 0) is 40.3 Å². The predicted octanol–water partition coefficient (Wildman–Crippen LogP) is 7.99. The molecule has 1 N–H and O–H groups in total. The monoisotopic (exact) mass is 409 g/mol. The SMILES string of the molecule is CCCCCCCCCCCCCCCCCCC(CCN(C)C)=C(C)C(=O)O. The number of rotatable bonds is 21. The van der Waals surface area contributed by atoms with Gasteiger partial charge >= 0.3 is 5.97 Å². The fourth-order valence-corrected chi connectivity index (χ4v) is 3.90. The Balaban J connectivity index is 3.55. The molecule has 29 heavy (non-hydrogen) atoms. The van der Waals surface area contributed by atoms with Crippen LogP contribution in [0.2, 0.25) is 0 Å². The van der Waals surface area contributed by atoms with E-state index >= 15 is 0 Å². The Morgan fingerprint density at radius 2 is 1.03 bits per heavy atom. The standard InChI is InChI=1S/C26H51NO2/c1-5-6-7-8-9-10-11-12-13-14-15-16-17-18-19-20-21-25(22-23-27(3)4)24(2)26(28)29/h5-23H2,1-4H3,(H,28,29). The molecule has 0 heterocycles. The minimum atomic E-state index is -0.754. The quantitative estimate of drug-likeness (QED) is 0.154. The number of hydrogen-bond donors (Lipinski definition) is 1. The molecule has 3 nitrogen and oxygen atoms in total. The molecule has 0 aliphatic rings. The van der Waals surface area contributed by atoms with E-state index in [9.17, 15) is 9.90 Å². The van der Waals surface area contributed by atoms with E-state index in [1.165, 1.54) is 96.3 Å². The van der Waals surface area contributed by atoms with Crippen LogP contribution in [0.1, 0.15) is 129 Å². The van der Waals surface area contributed by atoms with Gasteiger partial charge in [-0.3, -0.25) is 0 Å². The molecule has 0 bridgehead atoms. The minimum Gasteiger partial charge on any atom is -0.478 e. The number of nitrogens with zero attached hydrogens (tertiary/aromatic N) is 1. The summed E-state index contributed by atoms with van der Waals surface area (Å²) in [6, 6.07) is 0. The van der Waals surface area contributed by atoms with E-state index in [1.807, 2.05) is 14.1 Å². The summed E-state index contributed by atoms with van der Waals surface area (Å²) in [6.45, 7) is 4.97. The van der Waals surface area contributed by atoms with Gasteiger partial charge in [-0.15, -0.1) is 0 Å². The van der Waals surface area contributed by atoms with Crippen LogP contribution in [0.3, 0.4) is 0 Å². The van der Waals surface area contributed by atoms with Crippen LogP contribution in [-0.4, -0.2) is 36.6 Å². The van der Waals surface area contributed by atoms with E-state index in [0.29, 0.717) is 5.57 Å². The molecule has 0 aromatic rings. The van der Waals surface area contributed by atoms with Crippen LogP contribution in [0.5, 0.6) is 0 Å². The zero-order chi connectivity index (χ0) is 21.7. The van der Waals surface area contributed by atoms with Gasteiger partial charge in [0, 0.05) is 12.1 Å². The lowest BCUT2D eigenvalue weighted by Crippen LogP contribution is -2.15. The Bertz CT molecular complexity index is 415. The molecule has 0 fully saturated rings. The van der Waals surface area contributed by atoms with Crippen molar-refractivity contribution in [2.24, 2.45) is 0 Å². The van der Waals surface area contributed by atoms with Crippen molar-refractivity contribution in [1.29, 1.82) is 0 Å². The van der Waals surface area contributed by atoms with Gasteiger partial charge in [0.1, 0.15) is 0 Å². The van der Waals surface area contributed by atoms with E-state index in [2.05, 4.69) is 11.8 Å². The van der Waals surface area contributed by atoms with Crippen molar-refractivity contribution in [1.82, 2.24) is 4.90 Å². The first-order valence-corrected chi connectivity index (χ1v) is 12.6. The highest BCUT2D eigenvalue weighted by Crippen LogP contribution is 2.19. The first kappa shape index (κ1) is 28.2. The average Bonchev–Trinajstić information content (AvgIpc) is 2.69. The van der Waals surface area contributed by atoms with Gasteiger partial charge in [0.15, 0.2) is 0 Å². The molecule has 0 amide bonds. The van der Waals surface area contributed by atoms with Gasteiger partial charge in [-0.1, -0.05) is 109 Å². The van der Waals surface area contributed by atoms with Crippen LogP contribution >= 0.6 is 0 Å². The van der Waals surface area contributed by atoms with Gasteiger partial charge in [-0.25, -0.2) is 4.79 Å². The summed E-state index contributed by atoms with van der Waals surface area (Å²) >= 11 is 0. The number of aliphatic carboxylic acids is 1. The Kier molecular flexibility index (Phi) is 19.9. The van der Waals surface area contributed by atoms with Crippen LogP contribution in [0.4, 0.5) is 0 Å². The maximum Gasteiger partial charge on any atom is 0.331 e. The van der Waals surface area contributed by atoms with Crippen molar-refractivity contribution in [3.63, 3.8) is 0 Å². The van der Waals surface area contributed by atoms with Crippen molar-refractivity contribution in [3.05, 3.63) is 11.1 Å². The van der Waals surface area contributed by atoms with E-state index in [1.54, 1.807) is 6.92 Å². The summed E-state index contributed by atoms with van der Waals surface area (Å²) in [5.41, 5.74) is 1.70. The van der Waals surface area contributed by atoms with Crippen LogP contribution in [-0.2, 0) is 4.79 Å². The Morgan fingerprint density at radius 1 is 0.655 bits per heavy atom. The molecule has 0 unspecified atom stereocenters. The topological polar surface area (TPSA) is 40.5 Å². The number of unbranched alkanes of at least 4 members (excludes halogenated alkanes) is 15. The second-order valence-corrected chi connectivity index (χ2v) is 9.14. The molecule has 0 aromatic heterocycles. The lowest BCUT2D eigenvalue weighted by molar-refractivity contribution is -0.132. The third kappa shape index (κ3) is 18.9. The van der Waals surface area contributed by atoms with E-state index in [0.717, 1.165) is 31.4 Å². The third-order valence-corrected chi connectivity index (χ3v) is 6.04. The maximum absolute atomic E-state index is 11.3. The van der Waals surface area contributed by atoms with Crippen molar-refractivity contribution in [2.45, 2.75) is 129 Å². The largest absolute Gasteiger partial charge is 0.478 e. The molecular formula is C26H51NO2. The summed E-state index contributed by atoms with van der Waals surface area (Å²) in [5, 5.41) is 9.28. The van der Waals surface area contributed by atoms with Crippen molar-refractivity contribution < 1.29 is 9.90 Å². The Morgan fingerprint density at radius 3 is 1.38 bits per heavy atom. The van der Waals surface area contributed by atoms with Gasteiger partial charge in [0.05, 0.1) is 0 Å². The van der Waals surface area contributed by atoms with E-state index in [4.69, 9.17) is 0 Å². The Labute approximate surface area is 182 Å². The highest BCUT2D eigenvalue weighted by Gasteiger charge is 2.09. The lowest BCUT2D eigenvalue weighted by atomic mass is 9.98. The van der Waals surface area contributed by atoms with Gasteiger partial charge in [-0.2, -0.15) is 0 Å². The molecule has 0 rings (SSSR count). The molecule has 0 saturated carbocycles. The number of carbonyl (C=O) groups is 1. The molecular weight excluding hydrogens is 358 g/mol. The number of hydrogen-bond acceptors (Lipinski definition) is 2. The fourth-order valence-electron chi connectivity index (χ4n) is 3.90. The second kappa shape index (κ2) is 20.4. The normalized spacial score (nSPS) is 12.4. The first-order valence-electron chi connectivity index (χ1n) is 12.6. The molecule has 0 aromatic carbocycles. The summed E-state index contributed by atoms with van der Waals surface area (Å²) in [6.07, 6.45) is 23.8.